The fourth-order valence-electron chi connectivity index (χ4n) is 2.74. The molecule has 7 nitrogen and oxygen atoms in total. The second kappa shape index (κ2) is 10.1. The number of hydrogen-bond acceptors (Lipinski definition) is 5. The van der Waals surface area contributed by atoms with Crippen LogP contribution in [0, 0.1) is 17.8 Å². The zero-order valence-corrected chi connectivity index (χ0v) is 17.1. The second-order valence-electron chi connectivity index (χ2n) is 7.22. The van der Waals surface area contributed by atoms with E-state index in [0.29, 0.717) is 41.8 Å². The van der Waals surface area contributed by atoms with Crippen LogP contribution in [-0.4, -0.2) is 48.7 Å². The first-order chi connectivity index (χ1) is 14.0. The molecule has 1 aliphatic carbocycles. The highest BCUT2D eigenvalue weighted by Gasteiger charge is 2.20. The van der Waals surface area contributed by atoms with Gasteiger partial charge in [-0.15, -0.1) is 0 Å². The molecule has 1 atom stereocenters. The van der Waals surface area contributed by atoms with E-state index in [9.17, 15) is 4.79 Å². The maximum atomic E-state index is 12.7. The highest BCUT2D eigenvalue weighted by Crippen LogP contribution is 2.28. The van der Waals surface area contributed by atoms with Crippen molar-refractivity contribution in [3.8, 4) is 17.6 Å². The minimum Gasteiger partial charge on any atom is -0.488 e. The van der Waals surface area contributed by atoms with Crippen LogP contribution >= 0.6 is 0 Å². The molecule has 1 N–H and O–H groups in total. The molecule has 2 aromatic rings. The van der Waals surface area contributed by atoms with Gasteiger partial charge in [-0.25, -0.2) is 0 Å². The molecule has 29 heavy (non-hydrogen) atoms. The van der Waals surface area contributed by atoms with Crippen molar-refractivity contribution in [3.63, 3.8) is 0 Å². The molecule has 154 valence electrons. The van der Waals surface area contributed by atoms with E-state index >= 15 is 0 Å². The lowest BCUT2D eigenvalue weighted by Gasteiger charge is -2.15. The Labute approximate surface area is 171 Å². The third-order valence-corrected chi connectivity index (χ3v) is 4.32. The Bertz CT molecular complexity index is 893. The largest absolute Gasteiger partial charge is 0.488 e. The molecule has 0 aliphatic heterocycles. The number of aromatic nitrogens is 2. The second-order valence-corrected chi connectivity index (χ2v) is 7.22. The Morgan fingerprint density at radius 2 is 2.21 bits per heavy atom. The Hall–Kier alpha value is -2.82. The van der Waals surface area contributed by atoms with Crippen molar-refractivity contribution in [1.29, 1.82) is 0 Å². The minimum atomic E-state index is -0.276. The van der Waals surface area contributed by atoms with E-state index in [1.165, 1.54) is 12.8 Å². The topological polar surface area (TPSA) is 74.6 Å². The van der Waals surface area contributed by atoms with Crippen LogP contribution in [0.4, 0.5) is 5.82 Å². The number of aryl methyl sites for hydroxylation is 1. The van der Waals surface area contributed by atoms with Gasteiger partial charge in [-0.1, -0.05) is 11.8 Å². The fourth-order valence-corrected chi connectivity index (χ4v) is 2.74. The summed E-state index contributed by atoms with van der Waals surface area (Å²) in [6.45, 7) is 3.49. The number of amides is 1. The maximum absolute atomic E-state index is 12.7. The van der Waals surface area contributed by atoms with Crippen molar-refractivity contribution in [2.24, 2.45) is 13.0 Å². The standard InChI is InChI=1S/C22H27N3O4/c1-16(14-27-3)29-20-12-18(5-4-10-28-15-17-6-7-17)11-19(13-20)22(26)23-21-8-9-25(2)24-21/h8-9,11-13,16-17H,6-7,10,14-15H2,1-3H3,(H,23,24,26)/t16-/m0/s1. The van der Waals surface area contributed by atoms with E-state index in [0.717, 1.165) is 6.61 Å². The van der Waals surface area contributed by atoms with Gasteiger partial charge in [0.1, 0.15) is 18.5 Å². The van der Waals surface area contributed by atoms with Crippen LogP contribution in [0.15, 0.2) is 30.5 Å². The van der Waals surface area contributed by atoms with Gasteiger partial charge in [-0.3, -0.25) is 9.48 Å². The average molecular weight is 397 g/mol. The summed E-state index contributed by atoms with van der Waals surface area (Å²) in [5.74, 6) is 7.55. The van der Waals surface area contributed by atoms with Crippen molar-refractivity contribution in [2.75, 3.05) is 32.2 Å². The molecule has 0 radical (unpaired) electrons. The SMILES string of the molecule is COC[C@H](C)Oc1cc(C#CCOCC2CC2)cc(C(=O)Nc2ccn(C)n2)c1. The average Bonchev–Trinajstić information content (AvgIpc) is 3.42. The molecule has 1 aliphatic rings. The fraction of sp³-hybridized carbons (Fsp3) is 0.455. The number of nitrogens with one attached hydrogen (secondary N) is 1. The van der Waals surface area contributed by atoms with Gasteiger partial charge >= 0.3 is 0 Å². The number of carbonyl (C=O) groups is 1. The first-order valence-corrected chi connectivity index (χ1v) is 9.72. The van der Waals surface area contributed by atoms with Crippen LogP contribution < -0.4 is 10.1 Å². The van der Waals surface area contributed by atoms with Crippen molar-refractivity contribution in [2.45, 2.75) is 25.9 Å². The van der Waals surface area contributed by atoms with Crippen LogP contribution in [0.1, 0.15) is 35.7 Å². The summed E-state index contributed by atoms with van der Waals surface area (Å²) < 4.78 is 18.2. The lowest BCUT2D eigenvalue weighted by Crippen LogP contribution is -2.19. The molecule has 0 spiro atoms. The Morgan fingerprint density at radius 1 is 1.38 bits per heavy atom. The van der Waals surface area contributed by atoms with Gasteiger partial charge in [-0.05, 0) is 43.9 Å². The first-order valence-electron chi connectivity index (χ1n) is 9.72. The number of methoxy groups -OCH3 is 1. The van der Waals surface area contributed by atoms with E-state index in [4.69, 9.17) is 14.2 Å². The molecule has 0 unspecified atom stereocenters. The number of hydrogen-bond donors (Lipinski definition) is 1. The van der Waals surface area contributed by atoms with E-state index in [1.807, 2.05) is 13.0 Å². The van der Waals surface area contributed by atoms with Crippen molar-refractivity contribution in [1.82, 2.24) is 9.78 Å². The van der Waals surface area contributed by atoms with E-state index in [2.05, 4.69) is 22.3 Å². The summed E-state index contributed by atoms with van der Waals surface area (Å²) in [5.41, 5.74) is 1.13. The number of nitrogens with zero attached hydrogens (tertiary/aromatic N) is 2. The molecule has 1 heterocycles. The highest BCUT2D eigenvalue weighted by molar-refractivity contribution is 6.04. The third-order valence-electron chi connectivity index (χ3n) is 4.32. The molecule has 0 bridgehead atoms. The normalized spacial score (nSPS) is 14.0. The number of carbonyl (C=O) groups excluding carboxylic acids is 1. The van der Waals surface area contributed by atoms with Crippen LogP contribution in [0.2, 0.25) is 0 Å². The summed E-state index contributed by atoms with van der Waals surface area (Å²) >= 11 is 0. The van der Waals surface area contributed by atoms with Gasteiger partial charge in [0.15, 0.2) is 5.82 Å². The highest BCUT2D eigenvalue weighted by atomic mass is 16.5. The number of ether oxygens (including phenoxy) is 3. The minimum absolute atomic E-state index is 0.156. The molecule has 7 heteroatoms. The van der Waals surface area contributed by atoms with Crippen LogP contribution in [0.5, 0.6) is 5.75 Å². The molecule has 0 saturated heterocycles. The van der Waals surface area contributed by atoms with Gasteiger partial charge in [-0.2, -0.15) is 5.10 Å². The molecule has 1 saturated carbocycles. The molecule has 3 rings (SSSR count). The zero-order valence-electron chi connectivity index (χ0n) is 17.1. The predicted octanol–water partition coefficient (Wildman–Crippen LogP) is 2.86. The van der Waals surface area contributed by atoms with Gasteiger partial charge in [0.2, 0.25) is 0 Å². The monoisotopic (exact) mass is 397 g/mol. The van der Waals surface area contributed by atoms with Gasteiger partial charge in [0.25, 0.3) is 5.91 Å². The van der Waals surface area contributed by atoms with Crippen molar-refractivity contribution in [3.05, 3.63) is 41.6 Å². The quantitative estimate of drug-likeness (QED) is 0.520. The summed E-state index contributed by atoms with van der Waals surface area (Å²) in [6, 6.07) is 6.98. The maximum Gasteiger partial charge on any atom is 0.257 e. The van der Waals surface area contributed by atoms with Crippen molar-refractivity contribution >= 4 is 11.7 Å². The van der Waals surface area contributed by atoms with Crippen LogP contribution in [0.25, 0.3) is 0 Å². The molecule has 1 fully saturated rings. The molecule has 1 aromatic carbocycles. The van der Waals surface area contributed by atoms with Crippen LogP contribution in [0.3, 0.4) is 0 Å². The third kappa shape index (κ3) is 6.93. The molecule has 1 aromatic heterocycles. The molecular weight excluding hydrogens is 370 g/mol. The lowest BCUT2D eigenvalue weighted by atomic mass is 10.1. The first kappa shape index (κ1) is 20.9. The van der Waals surface area contributed by atoms with Crippen molar-refractivity contribution < 1.29 is 19.0 Å². The predicted molar refractivity (Wildman–Crippen MR) is 110 cm³/mol. The Morgan fingerprint density at radius 3 is 2.90 bits per heavy atom. The lowest BCUT2D eigenvalue weighted by molar-refractivity contribution is 0.0917. The van der Waals surface area contributed by atoms with Gasteiger partial charge in [0, 0.05) is 37.5 Å². The Balaban J connectivity index is 1.73. The van der Waals surface area contributed by atoms with Gasteiger partial charge < -0.3 is 19.5 Å². The van der Waals surface area contributed by atoms with Crippen LogP contribution in [-0.2, 0) is 16.5 Å². The summed E-state index contributed by atoms with van der Waals surface area (Å²) in [4.78, 5) is 12.7. The molecular formula is C22H27N3O4. The number of rotatable bonds is 9. The zero-order chi connectivity index (χ0) is 20.6. The smallest absolute Gasteiger partial charge is 0.257 e. The van der Waals surface area contributed by atoms with Gasteiger partial charge in [0.05, 0.1) is 13.2 Å². The summed E-state index contributed by atoms with van der Waals surface area (Å²) in [5, 5.41) is 6.96. The number of anilines is 1. The molecule has 1 amide bonds. The number of benzene rings is 1. The summed E-state index contributed by atoms with van der Waals surface area (Å²) in [7, 11) is 3.41. The van der Waals surface area contributed by atoms with E-state index in [1.54, 1.807) is 43.2 Å². The summed E-state index contributed by atoms with van der Waals surface area (Å²) in [6.07, 6.45) is 4.11. The van der Waals surface area contributed by atoms with E-state index < -0.39 is 0 Å². The van der Waals surface area contributed by atoms with E-state index in [-0.39, 0.29) is 12.0 Å². The Kier molecular flexibility index (Phi) is 7.28.